The molecule has 1 rings (SSSR count). The molecule has 8 heteroatoms. The van der Waals surface area contributed by atoms with Crippen LogP contribution in [-0.2, 0) is 4.79 Å². The largest absolute Gasteiger partial charge is 0.349 e. The summed E-state index contributed by atoms with van der Waals surface area (Å²) in [6.45, 7) is 1.53. The Morgan fingerprint density at radius 1 is 1.00 bits per heavy atom. The first-order valence-electron chi connectivity index (χ1n) is 3.73. The molecule has 0 bridgehead atoms. The molecule has 15 heavy (non-hydrogen) atoms. The Kier molecular flexibility index (Phi) is 6.47. The maximum atomic E-state index is 10.1. The van der Waals surface area contributed by atoms with Gasteiger partial charge in [0.1, 0.15) is 0 Å². The average Bonchev–Trinajstić information content (AvgIpc) is 2.01. The van der Waals surface area contributed by atoms with E-state index in [2.05, 4.69) is 15.0 Å². The van der Waals surface area contributed by atoms with Gasteiger partial charge in [-0.05, 0) is 34.8 Å². The number of hydrogen-bond donors (Lipinski definition) is 0. The Labute approximate surface area is 102 Å². The second-order valence-corrected chi connectivity index (χ2v) is 3.57. The number of halogens is 3. The van der Waals surface area contributed by atoms with Crippen LogP contribution in [0.3, 0.4) is 0 Å². The highest BCUT2D eigenvalue weighted by Crippen LogP contribution is 2.08. The fraction of sp³-hybridized carbons (Fsp3) is 0.429. The van der Waals surface area contributed by atoms with Crippen molar-refractivity contribution in [3.63, 3.8) is 0 Å². The van der Waals surface area contributed by atoms with Gasteiger partial charge in [0.05, 0.1) is 0 Å². The lowest BCUT2D eigenvalue weighted by molar-refractivity contribution is -0.126. The molecule has 0 saturated carbocycles. The van der Waals surface area contributed by atoms with E-state index in [1.165, 1.54) is 11.8 Å². The van der Waals surface area contributed by atoms with E-state index in [9.17, 15) is 4.79 Å². The van der Waals surface area contributed by atoms with Gasteiger partial charge in [-0.25, -0.2) is 0 Å². The monoisotopic (exact) mass is 270 g/mol. The molecule has 1 aromatic rings. The van der Waals surface area contributed by atoms with E-state index in [1.54, 1.807) is 14.1 Å². The predicted octanol–water partition coefficient (Wildman–Crippen LogP) is 1.93. The lowest BCUT2D eigenvalue weighted by Crippen LogP contribution is -2.17. The van der Waals surface area contributed by atoms with Crippen LogP contribution in [0.2, 0.25) is 15.9 Å². The summed E-state index contributed by atoms with van der Waals surface area (Å²) in [5, 5.41) is 0.00000000000000178. The van der Waals surface area contributed by atoms with Crippen LogP contribution in [0.1, 0.15) is 6.92 Å². The molecule has 0 saturated heterocycles. The molecule has 84 valence electrons. The minimum absolute atomic E-state index is 0.000000000000000444. The number of aromatic nitrogens is 3. The molecule has 0 unspecified atom stereocenters. The summed E-state index contributed by atoms with van der Waals surface area (Å²) in [6.07, 6.45) is 0. The standard InChI is InChI=1S/C4H9NO.C3Cl3N3/c1-4(6)5(2)3;4-1-7-2(5)9-3(6)8-1/h1-3H3;. The van der Waals surface area contributed by atoms with Crippen LogP contribution in [0.4, 0.5) is 0 Å². The summed E-state index contributed by atoms with van der Waals surface area (Å²) in [7, 11) is 3.45. The highest BCUT2D eigenvalue weighted by Gasteiger charge is 1.97. The molecule has 0 radical (unpaired) electrons. The lowest BCUT2D eigenvalue weighted by Gasteiger charge is -2.02. The van der Waals surface area contributed by atoms with E-state index < -0.39 is 0 Å². The molecule has 0 aliphatic rings. The van der Waals surface area contributed by atoms with Crippen molar-refractivity contribution in [2.45, 2.75) is 6.92 Å². The number of hydrogen-bond acceptors (Lipinski definition) is 4. The van der Waals surface area contributed by atoms with Crippen LogP contribution < -0.4 is 0 Å². The Bertz CT molecular complexity index is 295. The molecule has 0 aliphatic carbocycles. The Morgan fingerprint density at radius 3 is 1.33 bits per heavy atom. The van der Waals surface area contributed by atoms with Crippen molar-refractivity contribution in [2.75, 3.05) is 14.1 Å². The Balaban J connectivity index is 0.000000288. The van der Waals surface area contributed by atoms with Crippen molar-refractivity contribution in [1.29, 1.82) is 0 Å². The second-order valence-electron chi connectivity index (χ2n) is 2.56. The van der Waals surface area contributed by atoms with E-state index in [0.29, 0.717) is 0 Å². The minimum atomic E-state index is 0.000000000000000444. The molecule has 0 spiro atoms. The molecular weight excluding hydrogens is 262 g/mol. The molecule has 0 atom stereocenters. The van der Waals surface area contributed by atoms with Gasteiger partial charge >= 0.3 is 0 Å². The third kappa shape index (κ3) is 7.30. The van der Waals surface area contributed by atoms with Gasteiger partial charge in [0, 0.05) is 21.0 Å². The van der Waals surface area contributed by atoms with E-state index in [0.717, 1.165) is 0 Å². The normalized spacial score (nSPS) is 8.93. The number of carbonyl (C=O) groups excluding carboxylic acids is 1. The van der Waals surface area contributed by atoms with Crippen LogP contribution in [0, 0.1) is 0 Å². The summed E-state index contributed by atoms with van der Waals surface area (Å²) in [5.74, 6) is 0.0926. The molecule has 0 aromatic carbocycles. The summed E-state index contributed by atoms with van der Waals surface area (Å²) in [5.41, 5.74) is 0. The van der Waals surface area contributed by atoms with E-state index >= 15 is 0 Å². The summed E-state index contributed by atoms with van der Waals surface area (Å²) >= 11 is 16.0. The number of amides is 1. The maximum Gasteiger partial charge on any atom is 0.227 e. The molecule has 1 heterocycles. The van der Waals surface area contributed by atoms with Gasteiger partial charge in [0.2, 0.25) is 21.8 Å². The van der Waals surface area contributed by atoms with Crippen LogP contribution in [0.15, 0.2) is 0 Å². The molecule has 0 aliphatic heterocycles. The molecule has 1 amide bonds. The molecular formula is C7H9Cl3N4O. The van der Waals surface area contributed by atoms with Gasteiger partial charge in [-0.2, -0.15) is 15.0 Å². The quantitative estimate of drug-likeness (QED) is 0.723. The molecule has 0 N–H and O–H groups in total. The van der Waals surface area contributed by atoms with E-state index in [4.69, 9.17) is 34.8 Å². The summed E-state index contributed by atoms with van der Waals surface area (Å²) in [6, 6.07) is 0. The minimum Gasteiger partial charge on any atom is -0.349 e. The topological polar surface area (TPSA) is 59.0 Å². The zero-order valence-corrected chi connectivity index (χ0v) is 10.6. The van der Waals surface area contributed by atoms with Gasteiger partial charge in [0.25, 0.3) is 0 Å². The number of nitrogens with zero attached hydrogens (tertiary/aromatic N) is 4. The first kappa shape index (κ1) is 14.3. The van der Waals surface area contributed by atoms with Gasteiger partial charge in [0.15, 0.2) is 0 Å². The smallest absolute Gasteiger partial charge is 0.227 e. The van der Waals surface area contributed by atoms with Crippen molar-refractivity contribution in [1.82, 2.24) is 19.9 Å². The maximum absolute atomic E-state index is 10.1. The fourth-order valence-electron chi connectivity index (χ4n) is 0.303. The SMILES string of the molecule is CC(=O)N(C)C.Clc1nc(Cl)nc(Cl)n1. The predicted molar refractivity (Wildman–Crippen MR) is 59.2 cm³/mol. The van der Waals surface area contributed by atoms with Crippen LogP contribution in [0.5, 0.6) is 0 Å². The van der Waals surface area contributed by atoms with Gasteiger partial charge in [-0.1, -0.05) is 0 Å². The Hall–Kier alpha value is -0.650. The zero-order chi connectivity index (χ0) is 12.0. The molecule has 0 fully saturated rings. The summed E-state index contributed by atoms with van der Waals surface area (Å²) < 4.78 is 0. The number of rotatable bonds is 0. The van der Waals surface area contributed by atoms with E-state index in [1.807, 2.05) is 0 Å². The van der Waals surface area contributed by atoms with Crippen molar-refractivity contribution >= 4 is 40.7 Å². The van der Waals surface area contributed by atoms with Crippen LogP contribution >= 0.6 is 34.8 Å². The highest BCUT2D eigenvalue weighted by molar-refractivity contribution is 6.33. The fourth-order valence-corrected chi connectivity index (χ4v) is 0.913. The van der Waals surface area contributed by atoms with Crippen molar-refractivity contribution < 1.29 is 4.79 Å². The third-order valence-electron chi connectivity index (χ3n) is 1.18. The average molecular weight is 272 g/mol. The second kappa shape index (κ2) is 6.76. The van der Waals surface area contributed by atoms with Crippen LogP contribution in [-0.4, -0.2) is 39.9 Å². The van der Waals surface area contributed by atoms with Gasteiger partial charge in [-0.15, -0.1) is 0 Å². The highest BCUT2D eigenvalue weighted by atomic mass is 35.5. The lowest BCUT2D eigenvalue weighted by atomic mass is 10.7. The van der Waals surface area contributed by atoms with Gasteiger partial charge < -0.3 is 4.90 Å². The number of carbonyl (C=O) groups is 1. The van der Waals surface area contributed by atoms with Crippen molar-refractivity contribution in [3.8, 4) is 0 Å². The zero-order valence-electron chi connectivity index (χ0n) is 8.33. The van der Waals surface area contributed by atoms with Crippen LogP contribution in [0.25, 0.3) is 0 Å². The molecule has 5 nitrogen and oxygen atoms in total. The first-order valence-corrected chi connectivity index (χ1v) is 4.86. The third-order valence-corrected chi connectivity index (χ3v) is 1.69. The van der Waals surface area contributed by atoms with Crippen molar-refractivity contribution in [2.24, 2.45) is 0 Å². The first-order chi connectivity index (χ1) is 6.82. The van der Waals surface area contributed by atoms with E-state index in [-0.39, 0.29) is 21.8 Å². The Morgan fingerprint density at radius 2 is 1.20 bits per heavy atom. The van der Waals surface area contributed by atoms with Gasteiger partial charge in [-0.3, -0.25) is 4.79 Å². The van der Waals surface area contributed by atoms with Crippen molar-refractivity contribution in [3.05, 3.63) is 15.9 Å². The summed E-state index contributed by atoms with van der Waals surface area (Å²) in [4.78, 5) is 22.0. The molecule has 1 aromatic heterocycles.